The monoisotopic (exact) mass is 282 g/mol. The van der Waals surface area contributed by atoms with Crippen molar-refractivity contribution in [1.29, 1.82) is 0 Å². The first-order valence-corrected chi connectivity index (χ1v) is 7.97. The molecule has 0 atom stereocenters. The van der Waals surface area contributed by atoms with Crippen molar-refractivity contribution >= 4 is 6.08 Å². The Hall–Kier alpha value is -2.52. The van der Waals surface area contributed by atoms with E-state index in [1.165, 1.54) is 33.4 Å². The van der Waals surface area contributed by atoms with E-state index in [9.17, 15) is 0 Å². The molecule has 0 spiro atoms. The van der Waals surface area contributed by atoms with Gasteiger partial charge in [0, 0.05) is 5.56 Å². The molecule has 6 aliphatic rings. The maximum atomic E-state index is 3.34. The summed E-state index contributed by atoms with van der Waals surface area (Å²) in [6, 6.07) is 13.8. The Bertz CT molecular complexity index is 838. The van der Waals surface area contributed by atoms with Crippen molar-refractivity contribution in [2.75, 3.05) is 0 Å². The van der Waals surface area contributed by atoms with Crippen LogP contribution in [0.1, 0.15) is 33.4 Å². The van der Waals surface area contributed by atoms with Crippen molar-refractivity contribution in [2.45, 2.75) is 25.7 Å². The number of hydrogen-bond acceptors (Lipinski definition) is 0. The van der Waals surface area contributed by atoms with Gasteiger partial charge in [-0.1, -0.05) is 60.4 Å². The fourth-order valence-corrected chi connectivity index (χ4v) is 3.24. The SMILES string of the molecule is C1#Cc2cc3ccc2CCc2ccc(c(c2)/C=C\C=C/1)CC3. The molecule has 0 aliphatic heterocycles. The summed E-state index contributed by atoms with van der Waals surface area (Å²) in [5.41, 5.74) is 8.14. The Morgan fingerprint density at radius 3 is 2.41 bits per heavy atom. The Kier molecular flexibility index (Phi) is 3.41. The van der Waals surface area contributed by atoms with Crippen LogP contribution < -0.4 is 0 Å². The molecule has 2 aromatic carbocycles. The van der Waals surface area contributed by atoms with Gasteiger partial charge in [0.25, 0.3) is 0 Å². The molecule has 0 amide bonds. The highest BCUT2D eigenvalue weighted by Gasteiger charge is 2.09. The largest absolute Gasteiger partial charge is 0.0696 e. The standard InChI is InChI=1S/C22H18/c1-2-4-6-22-16-18-8-12-20(22)14-10-17-7-11-19(13-9-18)21(15-17)5-3-1/h1-3,5,7-8,11-12,15-16H,9-10,13-14H2/b2-1-,5-3-. The maximum Gasteiger partial charge on any atom is 0.0283 e. The van der Waals surface area contributed by atoms with Gasteiger partial charge in [-0.2, -0.15) is 0 Å². The van der Waals surface area contributed by atoms with Gasteiger partial charge in [0.05, 0.1) is 0 Å². The first kappa shape index (κ1) is 13.2. The van der Waals surface area contributed by atoms with Crippen LogP contribution in [0, 0.1) is 11.8 Å². The summed E-state index contributed by atoms with van der Waals surface area (Å²) in [5.74, 6) is 6.51. The molecule has 0 heteroatoms. The fraction of sp³-hybridized carbons (Fsp3) is 0.182. The molecule has 2 aromatic rings. The molecular formula is C22H18. The minimum atomic E-state index is 1.05. The zero-order valence-electron chi connectivity index (χ0n) is 12.6. The topological polar surface area (TPSA) is 0 Å². The van der Waals surface area contributed by atoms with Crippen LogP contribution in [0.5, 0.6) is 0 Å². The lowest BCUT2D eigenvalue weighted by atomic mass is 9.91. The summed E-state index contributed by atoms with van der Waals surface area (Å²) in [5, 5.41) is 0. The number of aryl methyl sites for hydroxylation is 4. The van der Waals surface area contributed by atoms with Crippen molar-refractivity contribution in [3.63, 3.8) is 0 Å². The van der Waals surface area contributed by atoms with Crippen molar-refractivity contribution < 1.29 is 0 Å². The minimum Gasteiger partial charge on any atom is -0.0696 e. The summed E-state index contributed by atoms with van der Waals surface area (Å²) in [7, 11) is 0. The van der Waals surface area contributed by atoms with Crippen LogP contribution >= 0.6 is 0 Å². The molecule has 0 fully saturated rings. The number of benzene rings is 2. The van der Waals surface area contributed by atoms with E-state index in [1.54, 1.807) is 0 Å². The quantitative estimate of drug-likeness (QED) is 0.624. The van der Waals surface area contributed by atoms with E-state index < -0.39 is 0 Å². The zero-order chi connectivity index (χ0) is 14.8. The average molecular weight is 282 g/mol. The zero-order valence-corrected chi connectivity index (χ0v) is 12.6. The summed E-state index contributed by atoms with van der Waals surface area (Å²) in [4.78, 5) is 0. The Labute approximate surface area is 132 Å². The highest BCUT2D eigenvalue weighted by molar-refractivity contribution is 5.58. The summed E-state index contributed by atoms with van der Waals surface area (Å²) in [6.07, 6.45) is 12.6. The van der Waals surface area contributed by atoms with E-state index in [0.29, 0.717) is 0 Å². The third-order valence-electron chi connectivity index (χ3n) is 4.52. The Balaban J connectivity index is 1.95. The van der Waals surface area contributed by atoms with Gasteiger partial charge in [0.2, 0.25) is 0 Å². The molecule has 106 valence electrons. The van der Waals surface area contributed by atoms with E-state index in [4.69, 9.17) is 0 Å². The van der Waals surface area contributed by atoms with Crippen LogP contribution in [-0.4, -0.2) is 0 Å². The number of fused-ring (bicyclic) bond motifs is 2. The second kappa shape index (κ2) is 5.70. The van der Waals surface area contributed by atoms with E-state index in [1.807, 2.05) is 12.2 Å². The first-order valence-electron chi connectivity index (χ1n) is 7.97. The molecule has 0 aromatic heterocycles. The van der Waals surface area contributed by atoms with E-state index in [-0.39, 0.29) is 0 Å². The highest BCUT2D eigenvalue weighted by Crippen LogP contribution is 2.22. The van der Waals surface area contributed by atoms with E-state index >= 15 is 0 Å². The van der Waals surface area contributed by atoms with Crippen LogP contribution in [-0.2, 0) is 25.7 Å². The summed E-state index contributed by atoms with van der Waals surface area (Å²) >= 11 is 0. The summed E-state index contributed by atoms with van der Waals surface area (Å²) < 4.78 is 0. The second-order valence-corrected chi connectivity index (χ2v) is 6.01. The molecule has 0 saturated carbocycles. The van der Waals surface area contributed by atoms with E-state index in [2.05, 4.69) is 60.4 Å². The molecule has 8 rings (SSSR count). The molecule has 0 N–H and O–H groups in total. The third-order valence-corrected chi connectivity index (χ3v) is 4.52. The van der Waals surface area contributed by atoms with Gasteiger partial charge in [0.1, 0.15) is 0 Å². The van der Waals surface area contributed by atoms with Crippen molar-refractivity contribution in [2.24, 2.45) is 0 Å². The van der Waals surface area contributed by atoms with Crippen LogP contribution in [0.4, 0.5) is 0 Å². The number of hydrogen-bond donors (Lipinski definition) is 0. The van der Waals surface area contributed by atoms with Gasteiger partial charge in [-0.15, -0.1) is 0 Å². The Morgan fingerprint density at radius 2 is 1.50 bits per heavy atom. The van der Waals surface area contributed by atoms with Gasteiger partial charge in [-0.25, -0.2) is 0 Å². The molecule has 22 heavy (non-hydrogen) atoms. The molecule has 0 unspecified atom stereocenters. The number of allylic oxidation sites excluding steroid dienone is 3. The van der Waals surface area contributed by atoms with Crippen LogP contribution in [0.25, 0.3) is 6.08 Å². The molecule has 6 aliphatic carbocycles. The second-order valence-electron chi connectivity index (χ2n) is 6.01. The Morgan fingerprint density at radius 1 is 0.727 bits per heavy atom. The molecule has 0 heterocycles. The molecule has 0 radical (unpaired) electrons. The van der Waals surface area contributed by atoms with Crippen LogP contribution in [0.3, 0.4) is 0 Å². The molecular weight excluding hydrogens is 264 g/mol. The molecule has 0 saturated heterocycles. The predicted molar refractivity (Wildman–Crippen MR) is 92.8 cm³/mol. The molecule has 0 nitrogen and oxygen atoms in total. The van der Waals surface area contributed by atoms with Crippen molar-refractivity contribution in [3.05, 3.63) is 88.0 Å². The maximum absolute atomic E-state index is 3.34. The summed E-state index contributed by atoms with van der Waals surface area (Å²) in [6.45, 7) is 0. The van der Waals surface area contributed by atoms with E-state index in [0.717, 1.165) is 25.7 Å². The average Bonchev–Trinajstić information content (AvgIpc) is 2.55. The fourth-order valence-electron chi connectivity index (χ4n) is 3.24. The van der Waals surface area contributed by atoms with Gasteiger partial charge in [-0.05, 0) is 65.6 Å². The van der Waals surface area contributed by atoms with Crippen molar-refractivity contribution in [1.82, 2.24) is 0 Å². The third kappa shape index (κ3) is 2.63. The lowest BCUT2D eigenvalue weighted by Crippen LogP contribution is -2.02. The smallest absolute Gasteiger partial charge is 0.0283 e. The first-order chi connectivity index (χ1) is 10.9. The van der Waals surface area contributed by atoms with Gasteiger partial charge < -0.3 is 0 Å². The predicted octanol–water partition coefficient (Wildman–Crippen LogP) is 4.50. The van der Waals surface area contributed by atoms with Gasteiger partial charge in [0.15, 0.2) is 0 Å². The van der Waals surface area contributed by atoms with Crippen LogP contribution in [0.2, 0.25) is 0 Å². The van der Waals surface area contributed by atoms with Gasteiger partial charge in [-0.3, -0.25) is 0 Å². The minimum absolute atomic E-state index is 1.05. The van der Waals surface area contributed by atoms with Crippen LogP contribution in [0.15, 0.2) is 54.6 Å². The lowest BCUT2D eigenvalue weighted by Gasteiger charge is -2.14. The lowest BCUT2D eigenvalue weighted by molar-refractivity contribution is 0.916. The van der Waals surface area contributed by atoms with Gasteiger partial charge >= 0.3 is 0 Å². The molecule has 6 bridgehead atoms. The normalized spacial score (nSPS) is 18.0. The highest BCUT2D eigenvalue weighted by atomic mass is 14.1. The number of rotatable bonds is 0. The van der Waals surface area contributed by atoms with Crippen molar-refractivity contribution in [3.8, 4) is 11.8 Å².